The first-order chi connectivity index (χ1) is 3.73. The Hall–Kier alpha value is 3.54. The van der Waals surface area contributed by atoms with E-state index in [1.54, 1.807) is 0 Å². The van der Waals surface area contributed by atoms with Crippen molar-refractivity contribution in [3.63, 3.8) is 0 Å². The Morgan fingerprint density at radius 1 is 0.789 bits per heavy atom. The largest absolute Gasteiger partial charge is 1.00 e. The molecule has 0 aliphatic rings. The minimum absolute atomic E-state index is 0. The minimum atomic E-state index is -4.89. The van der Waals surface area contributed by atoms with Gasteiger partial charge in [0.25, 0.3) is 7.82 Å². The first-order valence-electron chi connectivity index (χ1n) is 1.27. The summed E-state index contributed by atoms with van der Waals surface area (Å²) in [6, 6.07) is 0. The van der Waals surface area contributed by atoms with E-state index in [0.29, 0.717) is 0 Å². The predicted molar refractivity (Wildman–Crippen MR) is 47.0 cm³/mol. The van der Waals surface area contributed by atoms with Gasteiger partial charge in [-0.1, -0.05) is 0 Å². The molecule has 0 unspecified atom stereocenters. The Morgan fingerprint density at radius 3 is 0.789 bits per heavy atom. The predicted octanol–water partition coefficient (Wildman–Crippen LogP) is -17.3. The molecule has 0 spiro atoms. The van der Waals surface area contributed by atoms with Gasteiger partial charge in [0, 0.05) is 0 Å². The summed E-state index contributed by atoms with van der Waals surface area (Å²) < 4.78 is 34.1. The molecule has 0 atom stereocenters. The Labute approximate surface area is 197 Å². The van der Waals surface area contributed by atoms with E-state index in [0.717, 1.165) is 0 Å². The summed E-state index contributed by atoms with van der Waals surface area (Å²) in [6.07, 6.45) is 0. The summed E-state index contributed by atoms with van der Waals surface area (Å²) in [5.41, 5.74) is 0. The average molecular weight is 388 g/mol. The van der Waals surface area contributed by atoms with Gasteiger partial charge in [-0.25, -0.2) is 0 Å². The number of phosphoric acid groups is 1. The second-order valence-corrected chi connectivity index (χ2v) is 2.08. The maximum absolute atomic E-state index is 8.77. The molecular formula is H16KNa2O14PS. The van der Waals surface area contributed by atoms with Crippen molar-refractivity contribution in [1.29, 1.82) is 0 Å². The van der Waals surface area contributed by atoms with Crippen LogP contribution in [0.5, 0.6) is 0 Å². The Morgan fingerprint density at radius 2 is 0.789 bits per heavy atom. The molecule has 14 nitrogen and oxygen atoms in total. The maximum atomic E-state index is 8.77. The third-order valence-electron chi connectivity index (χ3n) is 0. The van der Waals surface area contributed by atoms with Gasteiger partial charge in [0.05, 0.1) is 0 Å². The molecule has 0 fully saturated rings. The molecule has 19 heavy (non-hydrogen) atoms. The molecule has 0 saturated heterocycles. The zero-order valence-electron chi connectivity index (χ0n) is 10.3. The molecule has 114 valence electrons. The topological polar surface area (TPSA) is 364 Å². The van der Waals surface area contributed by atoms with Crippen molar-refractivity contribution in [2.24, 2.45) is 0 Å². The van der Waals surface area contributed by atoms with Crippen LogP contribution >= 0.6 is 7.82 Å². The fourth-order valence-electron chi connectivity index (χ4n) is 0. The fourth-order valence-corrected chi connectivity index (χ4v) is 0. The van der Waals surface area contributed by atoms with Gasteiger partial charge in [-0.05, 0) is 0 Å². The molecule has 0 aliphatic carbocycles. The Kier molecular flexibility index (Phi) is 286. The quantitative estimate of drug-likeness (QED) is 0.229. The van der Waals surface area contributed by atoms with Crippen molar-refractivity contribution < 1.29 is 181 Å². The normalized spacial score (nSPS) is 4.95. The molecule has 0 saturated carbocycles. The van der Waals surface area contributed by atoms with Gasteiger partial charge in [0.2, 0.25) is 0 Å². The van der Waals surface area contributed by atoms with Gasteiger partial charge in [-0.3, -0.25) is 8.77 Å². The van der Waals surface area contributed by atoms with Crippen molar-refractivity contribution in [3.8, 4) is 0 Å². The van der Waals surface area contributed by atoms with Crippen LogP contribution in [0, 0.1) is 0 Å². The second kappa shape index (κ2) is 57.8. The van der Waals surface area contributed by atoms with Crippen LogP contribution in [0.2, 0.25) is 0 Å². The molecule has 0 aliphatic heterocycles. The number of rotatable bonds is 0. The summed E-state index contributed by atoms with van der Waals surface area (Å²) in [4.78, 5) is 22.9. The van der Waals surface area contributed by atoms with Crippen LogP contribution in [0.15, 0.2) is 0 Å². The molecule has 16 N–H and O–H groups in total. The van der Waals surface area contributed by atoms with Gasteiger partial charge in [0.15, 0.2) is 0 Å². The van der Waals surface area contributed by atoms with Crippen molar-refractivity contribution in [2.75, 3.05) is 0 Å². The Balaban J connectivity index is -0.00000000340. The van der Waals surface area contributed by atoms with Gasteiger partial charge in [0.1, 0.15) is 0 Å². The first-order valence-corrected chi connectivity index (χ1v) is 3.80. The zero-order valence-corrected chi connectivity index (χ0v) is 19.1. The fraction of sp³-hybridized carbons (Fsp3) is 0. The maximum Gasteiger partial charge on any atom is 1.00 e. The summed E-state index contributed by atoms with van der Waals surface area (Å²) >= 11 is -3.11. The number of hydrogen-bond donors (Lipinski definition) is 2. The van der Waals surface area contributed by atoms with E-state index in [1.165, 1.54) is 0 Å². The van der Waals surface area contributed by atoms with Crippen LogP contribution in [0.4, 0.5) is 0 Å². The van der Waals surface area contributed by atoms with Crippen LogP contribution < -0.4 is 115 Å². The van der Waals surface area contributed by atoms with Crippen molar-refractivity contribution in [2.45, 2.75) is 0 Å². The standard InChI is InChI=1S/K.2Na.H3O4P.H2O3S.7H2O/c;;;1-5(2,3)4;1-4(2)3;;;;;;;/h;;;(H3,1,2,3,4);(H2,1,2,3);7*1H2/q3*+1;;;;;;;;;/p-3. The van der Waals surface area contributed by atoms with Crippen LogP contribution in [0.1, 0.15) is 0 Å². The van der Waals surface area contributed by atoms with Gasteiger partial charge >= 0.3 is 110 Å². The summed E-state index contributed by atoms with van der Waals surface area (Å²) in [6.45, 7) is 0. The van der Waals surface area contributed by atoms with Crippen molar-refractivity contribution >= 4 is 19.2 Å². The second-order valence-electron chi connectivity index (χ2n) is 0.695. The van der Waals surface area contributed by atoms with Gasteiger partial charge in [-0.2, -0.15) is 0 Å². The zero-order chi connectivity index (χ0) is 8.08. The van der Waals surface area contributed by atoms with E-state index in [-0.39, 0.29) is 149 Å². The summed E-state index contributed by atoms with van der Waals surface area (Å²) in [5.74, 6) is 0. The molecule has 0 aromatic rings. The van der Waals surface area contributed by atoms with E-state index < -0.39 is 19.2 Å². The SMILES string of the molecule is O.O.O.O.O.O.O.O=P([O-])(O)O.O=S([O-])[O-].[K+].[Na+].[Na+]. The Bertz CT molecular complexity index is 125. The van der Waals surface area contributed by atoms with E-state index in [4.69, 9.17) is 32.6 Å². The molecule has 0 amide bonds. The van der Waals surface area contributed by atoms with E-state index >= 15 is 0 Å². The molecule has 0 radical (unpaired) electrons. The average Bonchev–Trinajstić information content (AvgIpc) is 1.19. The van der Waals surface area contributed by atoms with E-state index in [2.05, 4.69) is 0 Å². The third kappa shape index (κ3) is 657. The first kappa shape index (κ1) is 94.2. The van der Waals surface area contributed by atoms with Crippen molar-refractivity contribution in [3.05, 3.63) is 0 Å². The molecule has 0 aromatic carbocycles. The smallest absolute Gasteiger partial charge is 0.784 e. The van der Waals surface area contributed by atoms with Crippen LogP contribution in [0.3, 0.4) is 0 Å². The van der Waals surface area contributed by atoms with E-state index in [9.17, 15) is 0 Å². The molecule has 0 heterocycles. The minimum Gasteiger partial charge on any atom is -0.784 e. The van der Waals surface area contributed by atoms with Gasteiger partial charge in [-0.15, -0.1) is 11.4 Å². The monoisotopic (exact) mass is 388 g/mol. The van der Waals surface area contributed by atoms with E-state index in [1.807, 2.05) is 0 Å². The van der Waals surface area contributed by atoms with Crippen LogP contribution in [0.25, 0.3) is 0 Å². The van der Waals surface area contributed by atoms with Crippen LogP contribution in [-0.2, 0) is 15.9 Å². The summed E-state index contributed by atoms with van der Waals surface area (Å²) in [5, 5.41) is 0. The van der Waals surface area contributed by atoms with Crippen molar-refractivity contribution in [1.82, 2.24) is 0 Å². The molecule has 0 rings (SSSR count). The van der Waals surface area contributed by atoms with Crippen LogP contribution in [-0.4, -0.2) is 61.4 Å². The number of hydrogen-bond acceptors (Lipinski definition) is 5. The van der Waals surface area contributed by atoms with Gasteiger partial charge < -0.3 is 62.1 Å². The molecule has 0 bridgehead atoms. The molecule has 19 heteroatoms. The summed E-state index contributed by atoms with van der Waals surface area (Å²) in [7, 11) is -4.89. The molecule has 0 aromatic heterocycles. The third-order valence-corrected chi connectivity index (χ3v) is 0. The molecular weight excluding hydrogens is 372 g/mol.